The van der Waals surface area contributed by atoms with Gasteiger partial charge < -0.3 is 14.6 Å². The number of rotatable bonds is 5. The van der Waals surface area contributed by atoms with E-state index in [0.29, 0.717) is 18.8 Å². The van der Waals surface area contributed by atoms with E-state index in [2.05, 4.69) is 0 Å². The van der Waals surface area contributed by atoms with E-state index in [-0.39, 0.29) is 0 Å². The molecule has 0 radical (unpaired) electrons. The minimum absolute atomic E-state index is 0.449. The molecule has 1 aromatic rings. The van der Waals surface area contributed by atoms with Gasteiger partial charge in [0, 0.05) is 13.0 Å². The number of fused-ring (bicyclic) bond motifs is 1. The van der Waals surface area contributed by atoms with Crippen LogP contribution in [0, 0.1) is 0 Å². The van der Waals surface area contributed by atoms with Crippen molar-refractivity contribution in [2.45, 2.75) is 25.9 Å². The molecule has 0 aliphatic carbocycles. The molecule has 0 amide bonds. The van der Waals surface area contributed by atoms with Gasteiger partial charge in [0.1, 0.15) is 5.75 Å². The highest BCUT2D eigenvalue weighted by atomic mass is 16.5. The fourth-order valence-corrected chi connectivity index (χ4v) is 1.92. The number of hydrogen-bond donors (Lipinski definition) is 1. The number of aliphatic carboxylic acids is 1. The van der Waals surface area contributed by atoms with Gasteiger partial charge in [0.15, 0.2) is 6.10 Å². The van der Waals surface area contributed by atoms with E-state index in [1.807, 2.05) is 19.1 Å². The first-order valence-corrected chi connectivity index (χ1v) is 5.82. The summed E-state index contributed by atoms with van der Waals surface area (Å²) in [5.41, 5.74) is 1.75. The van der Waals surface area contributed by atoms with Crippen molar-refractivity contribution < 1.29 is 19.4 Å². The van der Waals surface area contributed by atoms with E-state index in [1.165, 1.54) is 0 Å². The van der Waals surface area contributed by atoms with E-state index >= 15 is 0 Å². The van der Waals surface area contributed by atoms with Gasteiger partial charge in [-0.2, -0.15) is 0 Å². The second kappa shape index (κ2) is 5.19. The van der Waals surface area contributed by atoms with Gasteiger partial charge in [0.2, 0.25) is 0 Å². The second-order valence-corrected chi connectivity index (χ2v) is 4.05. The molecule has 1 atom stereocenters. The first-order valence-electron chi connectivity index (χ1n) is 5.82. The highest BCUT2D eigenvalue weighted by Gasteiger charge is 2.22. The highest BCUT2D eigenvalue weighted by Crippen LogP contribution is 2.29. The van der Waals surface area contributed by atoms with Crippen LogP contribution in [0.25, 0.3) is 0 Å². The predicted molar refractivity (Wildman–Crippen MR) is 62.3 cm³/mol. The molecule has 4 nitrogen and oxygen atoms in total. The van der Waals surface area contributed by atoms with E-state index < -0.39 is 12.1 Å². The lowest BCUT2D eigenvalue weighted by Gasteiger charge is -2.14. The van der Waals surface area contributed by atoms with Gasteiger partial charge in [-0.3, -0.25) is 0 Å². The lowest BCUT2D eigenvalue weighted by molar-refractivity contribution is -0.150. The van der Waals surface area contributed by atoms with Crippen molar-refractivity contribution in [2.75, 3.05) is 13.2 Å². The SMILES string of the molecule is CCCOC(C(=O)O)c1ccc2c(c1)CCO2. The molecular formula is C13H16O4. The molecule has 0 spiro atoms. The third-order valence-electron chi connectivity index (χ3n) is 2.73. The Hall–Kier alpha value is -1.55. The van der Waals surface area contributed by atoms with Gasteiger partial charge in [-0.15, -0.1) is 0 Å². The minimum atomic E-state index is -0.947. The summed E-state index contributed by atoms with van der Waals surface area (Å²) in [6.45, 7) is 3.08. The Balaban J connectivity index is 2.20. The van der Waals surface area contributed by atoms with Crippen molar-refractivity contribution in [2.24, 2.45) is 0 Å². The van der Waals surface area contributed by atoms with Crippen LogP contribution in [0.15, 0.2) is 18.2 Å². The average Bonchev–Trinajstić information content (AvgIpc) is 2.76. The maximum absolute atomic E-state index is 11.1. The summed E-state index contributed by atoms with van der Waals surface area (Å²) in [5, 5.41) is 9.15. The van der Waals surface area contributed by atoms with Crippen LogP contribution in [0.3, 0.4) is 0 Å². The third-order valence-corrected chi connectivity index (χ3v) is 2.73. The average molecular weight is 236 g/mol. The molecule has 4 heteroatoms. The van der Waals surface area contributed by atoms with Crippen LogP contribution in [-0.4, -0.2) is 24.3 Å². The summed E-state index contributed by atoms with van der Waals surface area (Å²) in [4.78, 5) is 11.1. The molecule has 1 N–H and O–H groups in total. The van der Waals surface area contributed by atoms with E-state index in [4.69, 9.17) is 14.6 Å². The number of benzene rings is 1. The highest BCUT2D eigenvalue weighted by molar-refractivity contribution is 5.74. The number of ether oxygens (including phenoxy) is 2. The van der Waals surface area contributed by atoms with Crippen LogP contribution >= 0.6 is 0 Å². The Labute approximate surface area is 100 Å². The molecule has 2 rings (SSSR count). The third kappa shape index (κ3) is 2.58. The Morgan fingerprint density at radius 1 is 1.59 bits per heavy atom. The standard InChI is InChI=1S/C13H16O4/c1-2-6-17-12(13(14)15)10-3-4-11-9(8-10)5-7-16-11/h3-4,8,12H,2,5-7H2,1H3,(H,14,15). The van der Waals surface area contributed by atoms with Crippen LogP contribution in [-0.2, 0) is 16.0 Å². The molecular weight excluding hydrogens is 220 g/mol. The number of carbonyl (C=O) groups is 1. The largest absolute Gasteiger partial charge is 0.493 e. The van der Waals surface area contributed by atoms with E-state index in [1.54, 1.807) is 6.07 Å². The van der Waals surface area contributed by atoms with Gasteiger partial charge in [0.05, 0.1) is 6.61 Å². The zero-order valence-corrected chi connectivity index (χ0v) is 9.81. The molecule has 0 aromatic heterocycles. The van der Waals surface area contributed by atoms with Crippen LogP contribution in [0.4, 0.5) is 0 Å². The van der Waals surface area contributed by atoms with Crippen LogP contribution in [0.5, 0.6) is 5.75 Å². The first kappa shape index (κ1) is 11.9. The van der Waals surface area contributed by atoms with Crippen LogP contribution in [0.2, 0.25) is 0 Å². The molecule has 92 valence electrons. The van der Waals surface area contributed by atoms with E-state index in [0.717, 1.165) is 24.2 Å². The van der Waals surface area contributed by atoms with Gasteiger partial charge in [0.25, 0.3) is 0 Å². The number of hydrogen-bond acceptors (Lipinski definition) is 3. The first-order chi connectivity index (χ1) is 8.22. The molecule has 0 fully saturated rings. The Morgan fingerprint density at radius 2 is 2.41 bits per heavy atom. The normalized spacial score (nSPS) is 15.1. The predicted octanol–water partition coefficient (Wildman–Crippen LogP) is 2.17. The fourth-order valence-electron chi connectivity index (χ4n) is 1.92. The van der Waals surface area contributed by atoms with E-state index in [9.17, 15) is 4.79 Å². The topological polar surface area (TPSA) is 55.8 Å². The van der Waals surface area contributed by atoms with Crippen molar-refractivity contribution >= 4 is 5.97 Å². The maximum Gasteiger partial charge on any atom is 0.337 e. The number of carboxylic acid groups (broad SMARTS) is 1. The molecule has 1 heterocycles. The second-order valence-electron chi connectivity index (χ2n) is 4.05. The monoisotopic (exact) mass is 236 g/mol. The fraction of sp³-hybridized carbons (Fsp3) is 0.462. The zero-order valence-electron chi connectivity index (χ0n) is 9.81. The van der Waals surface area contributed by atoms with Crippen molar-refractivity contribution in [3.8, 4) is 5.75 Å². The lowest BCUT2D eigenvalue weighted by Crippen LogP contribution is -2.16. The molecule has 0 bridgehead atoms. The summed E-state index contributed by atoms with van der Waals surface area (Å²) >= 11 is 0. The molecule has 1 aliphatic heterocycles. The van der Waals surface area contributed by atoms with Gasteiger partial charge in [-0.05, 0) is 29.7 Å². The Morgan fingerprint density at radius 3 is 3.12 bits per heavy atom. The van der Waals surface area contributed by atoms with Crippen LogP contribution < -0.4 is 4.74 Å². The molecule has 17 heavy (non-hydrogen) atoms. The Kier molecular flexibility index (Phi) is 3.64. The smallest absolute Gasteiger partial charge is 0.337 e. The summed E-state index contributed by atoms with van der Waals surface area (Å²) in [7, 11) is 0. The molecule has 0 saturated carbocycles. The Bertz CT molecular complexity index is 414. The quantitative estimate of drug-likeness (QED) is 0.851. The summed E-state index contributed by atoms with van der Waals surface area (Å²) in [6, 6.07) is 5.46. The van der Waals surface area contributed by atoms with Crippen molar-refractivity contribution in [3.05, 3.63) is 29.3 Å². The summed E-state index contributed by atoms with van der Waals surface area (Å²) < 4.78 is 10.7. The van der Waals surface area contributed by atoms with Crippen molar-refractivity contribution in [3.63, 3.8) is 0 Å². The molecule has 0 saturated heterocycles. The maximum atomic E-state index is 11.1. The molecule has 1 aliphatic rings. The van der Waals surface area contributed by atoms with Crippen molar-refractivity contribution in [1.82, 2.24) is 0 Å². The van der Waals surface area contributed by atoms with Crippen LogP contribution in [0.1, 0.15) is 30.6 Å². The molecule has 1 aromatic carbocycles. The zero-order chi connectivity index (χ0) is 12.3. The van der Waals surface area contributed by atoms with Crippen molar-refractivity contribution in [1.29, 1.82) is 0 Å². The van der Waals surface area contributed by atoms with Gasteiger partial charge >= 0.3 is 5.97 Å². The summed E-state index contributed by atoms with van der Waals surface area (Å²) in [5.74, 6) is -0.0919. The number of carboxylic acids is 1. The summed E-state index contributed by atoms with van der Waals surface area (Å²) in [6.07, 6.45) is 0.766. The van der Waals surface area contributed by atoms with Gasteiger partial charge in [-0.25, -0.2) is 4.79 Å². The minimum Gasteiger partial charge on any atom is -0.493 e. The molecule has 1 unspecified atom stereocenters. The lowest BCUT2D eigenvalue weighted by atomic mass is 10.0. The van der Waals surface area contributed by atoms with Gasteiger partial charge in [-0.1, -0.05) is 13.0 Å².